The molecule has 0 bridgehead atoms. The third-order valence-corrected chi connectivity index (χ3v) is 10.6. The molecule has 2 N–H and O–H groups in total. The molecule has 4 aromatic heterocycles. The first-order chi connectivity index (χ1) is 23.2. The highest BCUT2D eigenvalue weighted by molar-refractivity contribution is 6.31. The zero-order valence-electron chi connectivity index (χ0n) is 27.6. The minimum atomic E-state index is -0.748. The third kappa shape index (κ3) is 5.51. The number of hydrogen-bond acceptors (Lipinski definition) is 6. The van der Waals surface area contributed by atoms with Crippen LogP contribution in [0.5, 0.6) is 0 Å². The maximum absolute atomic E-state index is 11.6. The molecule has 0 spiro atoms. The Hall–Kier alpha value is -4.05. The second kappa shape index (κ2) is 12.4. The predicted octanol–water partition coefficient (Wildman–Crippen LogP) is 6.38. The Kier molecular flexibility index (Phi) is 8.09. The number of benzene rings is 2. The standard InChI is InChI=1S/C39H41ClN6O2/c1-24-7-11-33-28(16-24)27-13-15-43(2)20-35(27)45(33)22-38(48)32-10-8-25(18-42-32)30-19-44(3)21-36-39(30)29-17-26(40)9-12-34(29)46(36)23-37(47)31-6-4-5-14-41-31/h4-12,14,16-18,30,37-38,47-48H,13,15,19-23H2,1-3H3. The van der Waals surface area contributed by atoms with Gasteiger partial charge in [-0.1, -0.05) is 35.4 Å². The van der Waals surface area contributed by atoms with Crippen molar-refractivity contribution in [3.63, 3.8) is 0 Å². The fourth-order valence-corrected chi connectivity index (χ4v) is 8.16. The van der Waals surface area contributed by atoms with Crippen molar-refractivity contribution in [2.75, 3.05) is 27.2 Å². The van der Waals surface area contributed by atoms with E-state index in [-0.39, 0.29) is 5.92 Å². The van der Waals surface area contributed by atoms with E-state index < -0.39 is 12.2 Å². The van der Waals surface area contributed by atoms with Crippen molar-refractivity contribution in [2.24, 2.45) is 0 Å². The minimum absolute atomic E-state index is 0.0471. The third-order valence-electron chi connectivity index (χ3n) is 10.3. The van der Waals surface area contributed by atoms with Crippen LogP contribution in [0.3, 0.4) is 0 Å². The molecule has 6 aromatic rings. The van der Waals surface area contributed by atoms with Gasteiger partial charge in [-0.05, 0) is 92.7 Å². The van der Waals surface area contributed by atoms with Crippen LogP contribution in [0.15, 0.2) is 79.1 Å². The van der Waals surface area contributed by atoms with E-state index >= 15 is 0 Å². The Morgan fingerprint density at radius 1 is 0.812 bits per heavy atom. The highest BCUT2D eigenvalue weighted by Crippen LogP contribution is 2.42. The van der Waals surface area contributed by atoms with Crippen LogP contribution >= 0.6 is 11.6 Å². The number of pyridine rings is 2. The Morgan fingerprint density at radius 2 is 1.54 bits per heavy atom. The fourth-order valence-electron chi connectivity index (χ4n) is 7.99. The SMILES string of the molecule is Cc1ccc2c(c1)c1c(n2CC(O)c2ccc(C3CN(C)Cc4c3c3cc(Cl)ccc3n4CC(O)c3ccccn3)cn2)CN(C)CC1. The van der Waals surface area contributed by atoms with E-state index in [0.717, 1.165) is 54.8 Å². The quantitative estimate of drug-likeness (QED) is 0.207. The van der Waals surface area contributed by atoms with E-state index in [0.29, 0.717) is 29.5 Å². The van der Waals surface area contributed by atoms with Crippen molar-refractivity contribution in [1.82, 2.24) is 28.9 Å². The average molecular weight is 661 g/mol. The summed E-state index contributed by atoms with van der Waals surface area (Å²) in [6.07, 6.45) is 3.17. The summed E-state index contributed by atoms with van der Waals surface area (Å²) >= 11 is 6.58. The molecule has 3 unspecified atom stereocenters. The highest BCUT2D eigenvalue weighted by atomic mass is 35.5. The summed E-state index contributed by atoms with van der Waals surface area (Å²) in [5, 5.41) is 25.9. The van der Waals surface area contributed by atoms with Gasteiger partial charge in [-0.2, -0.15) is 0 Å². The van der Waals surface area contributed by atoms with Crippen molar-refractivity contribution >= 4 is 33.4 Å². The summed E-state index contributed by atoms with van der Waals surface area (Å²) in [7, 11) is 4.29. The number of aliphatic hydroxyl groups is 2. The second-order valence-corrected chi connectivity index (χ2v) is 14.2. The van der Waals surface area contributed by atoms with Crippen molar-refractivity contribution in [3.05, 3.63) is 129 Å². The molecule has 0 saturated heterocycles. The summed E-state index contributed by atoms with van der Waals surface area (Å²) in [6.45, 7) is 6.47. The molecule has 8 nitrogen and oxygen atoms in total. The molecule has 8 rings (SSSR count). The molecule has 0 aliphatic carbocycles. The minimum Gasteiger partial charge on any atom is -0.385 e. The van der Waals surface area contributed by atoms with Crippen LogP contribution in [0.4, 0.5) is 0 Å². The molecule has 9 heteroatoms. The van der Waals surface area contributed by atoms with Crippen molar-refractivity contribution in [3.8, 4) is 0 Å². The monoisotopic (exact) mass is 660 g/mol. The highest BCUT2D eigenvalue weighted by Gasteiger charge is 2.32. The number of aromatic nitrogens is 4. The van der Waals surface area contributed by atoms with Crippen LogP contribution in [-0.4, -0.2) is 66.3 Å². The molecule has 2 aliphatic rings. The lowest BCUT2D eigenvalue weighted by atomic mass is 9.87. The zero-order valence-corrected chi connectivity index (χ0v) is 28.4. The van der Waals surface area contributed by atoms with Gasteiger partial charge in [-0.15, -0.1) is 0 Å². The molecular formula is C39H41ClN6O2. The number of hydrogen-bond donors (Lipinski definition) is 2. The van der Waals surface area contributed by atoms with Crippen LogP contribution in [0.1, 0.15) is 63.2 Å². The van der Waals surface area contributed by atoms with E-state index in [1.807, 2.05) is 42.6 Å². The van der Waals surface area contributed by atoms with Crippen LogP contribution in [0, 0.1) is 6.92 Å². The number of rotatable bonds is 7. The molecule has 0 fully saturated rings. The van der Waals surface area contributed by atoms with E-state index in [9.17, 15) is 10.2 Å². The van der Waals surface area contributed by atoms with Gasteiger partial charge in [0.25, 0.3) is 0 Å². The predicted molar refractivity (Wildman–Crippen MR) is 190 cm³/mol. The Bertz CT molecular complexity index is 2120. The smallest absolute Gasteiger partial charge is 0.114 e. The number of nitrogens with zero attached hydrogens (tertiary/aromatic N) is 6. The first-order valence-corrected chi connectivity index (χ1v) is 17.1. The number of halogens is 1. The van der Waals surface area contributed by atoms with Gasteiger partial charge in [0.2, 0.25) is 0 Å². The summed E-state index contributed by atoms with van der Waals surface area (Å²) in [6, 6.07) is 22.4. The first-order valence-electron chi connectivity index (χ1n) is 16.8. The Balaban J connectivity index is 1.12. The van der Waals surface area contributed by atoms with Crippen molar-refractivity contribution < 1.29 is 10.2 Å². The van der Waals surface area contributed by atoms with Gasteiger partial charge in [0.1, 0.15) is 12.2 Å². The van der Waals surface area contributed by atoms with Gasteiger partial charge in [-0.3, -0.25) is 14.9 Å². The molecule has 3 atom stereocenters. The number of aliphatic hydroxyl groups excluding tert-OH is 2. The number of aryl methyl sites for hydroxylation is 1. The van der Waals surface area contributed by atoms with Gasteiger partial charge in [0.15, 0.2) is 0 Å². The maximum atomic E-state index is 11.6. The largest absolute Gasteiger partial charge is 0.385 e. The zero-order chi connectivity index (χ0) is 33.1. The van der Waals surface area contributed by atoms with Gasteiger partial charge < -0.3 is 24.2 Å². The van der Waals surface area contributed by atoms with E-state index in [1.165, 1.54) is 33.3 Å². The normalized spacial score (nSPS) is 18.2. The molecule has 2 aliphatic heterocycles. The fraction of sp³-hybridized carbons (Fsp3) is 0.333. The topological polar surface area (TPSA) is 82.6 Å². The molecule has 0 radical (unpaired) electrons. The molecule has 6 heterocycles. The lowest BCUT2D eigenvalue weighted by Gasteiger charge is -2.32. The average Bonchev–Trinajstić information content (AvgIpc) is 3.55. The van der Waals surface area contributed by atoms with Crippen LogP contribution < -0.4 is 0 Å². The lowest BCUT2D eigenvalue weighted by Crippen LogP contribution is -2.32. The van der Waals surface area contributed by atoms with Crippen molar-refractivity contribution in [2.45, 2.75) is 57.6 Å². The maximum Gasteiger partial charge on any atom is 0.114 e. The van der Waals surface area contributed by atoms with Crippen molar-refractivity contribution in [1.29, 1.82) is 0 Å². The molecule has 246 valence electrons. The molecule has 48 heavy (non-hydrogen) atoms. The first kappa shape index (κ1) is 31.2. The number of fused-ring (bicyclic) bond motifs is 6. The Labute approximate surface area is 285 Å². The number of likely N-dealkylation sites (N-methyl/N-ethyl adjacent to an activating group) is 2. The van der Waals surface area contributed by atoms with Gasteiger partial charge in [-0.25, -0.2) is 0 Å². The Morgan fingerprint density at radius 3 is 2.29 bits per heavy atom. The molecule has 0 saturated carbocycles. The summed E-state index contributed by atoms with van der Waals surface area (Å²) in [5.41, 5.74) is 11.0. The van der Waals surface area contributed by atoms with E-state index in [4.69, 9.17) is 16.6 Å². The summed E-state index contributed by atoms with van der Waals surface area (Å²) < 4.78 is 4.54. The second-order valence-electron chi connectivity index (χ2n) is 13.7. The molecule has 0 amide bonds. The van der Waals surface area contributed by atoms with E-state index in [1.54, 1.807) is 6.20 Å². The van der Waals surface area contributed by atoms with Crippen LogP contribution in [0.25, 0.3) is 21.8 Å². The van der Waals surface area contributed by atoms with Gasteiger partial charge in [0.05, 0.1) is 24.5 Å². The van der Waals surface area contributed by atoms with Crippen LogP contribution in [-0.2, 0) is 32.6 Å². The molecular weight excluding hydrogens is 620 g/mol. The van der Waals surface area contributed by atoms with Gasteiger partial charge >= 0.3 is 0 Å². The molecule has 2 aromatic carbocycles. The summed E-state index contributed by atoms with van der Waals surface area (Å²) in [5.74, 6) is 0.0471. The van der Waals surface area contributed by atoms with Gasteiger partial charge in [0, 0.05) is 82.7 Å². The summed E-state index contributed by atoms with van der Waals surface area (Å²) in [4.78, 5) is 13.9. The van der Waals surface area contributed by atoms with E-state index in [2.05, 4.69) is 75.3 Å². The van der Waals surface area contributed by atoms with Crippen LogP contribution in [0.2, 0.25) is 5.02 Å². The lowest BCUT2D eigenvalue weighted by molar-refractivity contribution is 0.150.